The second-order valence-corrected chi connectivity index (χ2v) is 6.81. The van der Waals surface area contributed by atoms with Gasteiger partial charge in [-0.2, -0.15) is 13.2 Å². The first-order valence-electron chi connectivity index (χ1n) is 9.03. The molecule has 28 heavy (non-hydrogen) atoms. The van der Waals surface area contributed by atoms with Crippen LogP contribution in [0, 0.1) is 12.7 Å². The number of benzene rings is 2. The Hall–Kier alpha value is -2.57. The maximum Gasteiger partial charge on any atom is 0.419 e. The molecule has 1 aliphatic rings. The van der Waals surface area contributed by atoms with E-state index >= 15 is 0 Å². The zero-order valence-corrected chi connectivity index (χ0v) is 15.5. The van der Waals surface area contributed by atoms with Crippen LogP contribution in [0.5, 0.6) is 11.5 Å². The van der Waals surface area contributed by atoms with Crippen molar-refractivity contribution in [3.05, 3.63) is 58.4 Å². The SMILES string of the molecule is CCC(=O)Oc1cccc(C2CC2)c1COc1cc(F)c(C)cc1C(F)(F)F. The summed E-state index contributed by atoms with van der Waals surface area (Å²) < 4.78 is 64.6. The molecule has 1 aliphatic carbocycles. The normalized spacial score (nSPS) is 14.1. The first-order valence-corrected chi connectivity index (χ1v) is 9.03. The molecule has 2 aromatic rings. The molecule has 0 heterocycles. The number of esters is 1. The molecule has 150 valence electrons. The number of aryl methyl sites for hydroxylation is 1. The number of rotatable bonds is 6. The molecule has 3 rings (SSSR count). The van der Waals surface area contributed by atoms with Gasteiger partial charge < -0.3 is 9.47 Å². The van der Waals surface area contributed by atoms with Crippen molar-refractivity contribution in [3.8, 4) is 11.5 Å². The van der Waals surface area contributed by atoms with Crippen LogP contribution >= 0.6 is 0 Å². The van der Waals surface area contributed by atoms with Crippen LogP contribution in [-0.4, -0.2) is 5.97 Å². The predicted octanol–water partition coefficient (Wildman–Crippen LogP) is 5.92. The molecule has 2 aromatic carbocycles. The number of carbonyl (C=O) groups is 1. The molecule has 0 radical (unpaired) electrons. The van der Waals surface area contributed by atoms with Crippen LogP contribution in [0.1, 0.15) is 54.4 Å². The molecular weight excluding hydrogens is 376 g/mol. The van der Waals surface area contributed by atoms with Crippen molar-refractivity contribution in [3.63, 3.8) is 0 Å². The van der Waals surface area contributed by atoms with Crippen molar-refractivity contribution in [2.75, 3.05) is 0 Å². The Bertz CT molecular complexity index is 886. The Kier molecular flexibility index (Phi) is 5.63. The van der Waals surface area contributed by atoms with Crippen LogP contribution in [0.2, 0.25) is 0 Å². The highest BCUT2D eigenvalue weighted by molar-refractivity contribution is 5.72. The summed E-state index contributed by atoms with van der Waals surface area (Å²) in [6, 6.07) is 6.64. The van der Waals surface area contributed by atoms with Gasteiger partial charge in [0.05, 0.1) is 5.56 Å². The van der Waals surface area contributed by atoms with Crippen LogP contribution in [0.25, 0.3) is 0 Å². The second-order valence-electron chi connectivity index (χ2n) is 6.81. The van der Waals surface area contributed by atoms with E-state index in [0.29, 0.717) is 5.56 Å². The van der Waals surface area contributed by atoms with E-state index in [0.717, 1.165) is 30.5 Å². The second kappa shape index (κ2) is 7.81. The summed E-state index contributed by atoms with van der Waals surface area (Å²) in [7, 11) is 0. The highest BCUT2D eigenvalue weighted by atomic mass is 19.4. The van der Waals surface area contributed by atoms with Gasteiger partial charge in [-0.15, -0.1) is 0 Å². The van der Waals surface area contributed by atoms with Crippen molar-refractivity contribution in [1.82, 2.24) is 0 Å². The Labute approximate surface area is 160 Å². The van der Waals surface area contributed by atoms with Crippen molar-refractivity contribution in [1.29, 1.82) is 0 Å². The molecule has 0 N–H and O–H groups in total. The molecule has 1 fully saturated rings. The summed E-state index contributed by atoms with van der Waals surface area (Å²) in [5, 5.41) is 0. The summed E-state index contributed by atoms with van der Waals surface area (Å²) >= 11 is 0. The summed E-state index contributed by atoms with van der Waals surface area (Å²) in [5.74, 6) is -1.30. The largest absolute Gasteiger partial charge is 0.488 e. The molecule has 0 spiro atoms. The third kappa shape index (κ3) is 4.46. The fourth-order valence-electron chi connectivity index (χ4n) is 2.96. The van der Waals surface area contributed by atoms with Gasteiger partial charge in [0.15, 0.2) is 0 Å². The molecule has 0 unspecified atom stereocenters. The van der Waals surface area contributed by atoms with Crippen LogP contribution in [-0.2, 0) is 17.6 Å². The molecule has 0 bridgehead atoms. The summed E-state index contributed by atoms with van der Waals surface area (Å²) in [6.45, 7) is 2.65. The lowest BCUT2D eigenvalue weighted by molar-refractivity contribution is -0.139. The molecule has 0 amide bonds. The van der Waals surface area contributed by atoms with Gasteiger partial charge in [0.25, 0.3) is 0 Å². The molecule has 0 saturated heterocycles. The third-order valence-corrected chi connectivity index (χ3v) is 4.64. The van der Waals surface area contributed by atoms with Crippen molar-refractivity contribution in [2.24, 2.45) is 0 Å². The predicted molar refractivity (Wildman–Crippen MR) is 94.8 cm³/mol. The van der Waals surface area contributed by atoms with Crippen molar-refractivity contribution < 1.29 is 31.8 Å². The molecular formula is C21H20F4O3. The minimum absolute atomic E-state index is 0.115. The maximum absolute atomic E-state index is 13.9. The zero-order valence-electron chi connectivity index (χ0n) is 15.5. The van der Waals surface area contributed by atoms with E-state index in [9.17, 15) is 22.4 Å². The number of alkyl halides is 3. The molecule has 7 heteroatoms. The Balaban J connectivity index is 1.94. The van der Waals surface area contributed by atoms with Crippen LogP contribution in [0.15, 0.2) is 30.3 Å². The van der Waals surface area contributed by atoms with Gasteiger partial charge in [0.2, 0.25) is 0 Å². The first-order chi connectivity index (χ1) is 13.2. The van der Waals surface area contributed by atoms with E-state index in [2.05, 4.69) is 0 Å². The first kappa shape index (κ1) is 20.2. The number of hydrogen-bond acceptors (Lipinski definition) is 3. The smallest absolute Gasteiger partial charge is 0.419 e. The van der Waals surface area contributed by atoms with E-state index in [4.69, 9.17) is 9.47 Å². The van der Waals surface area contributed by atoms with Gasteiger partial charge in [-0.3, -0.25) is 4.79 Å². The number of carbonyl (C=O) groups excluding carboxylic acids is 1. The number of hydrogen-bond donors (Lipinski definition) is 0. The fourth-order valence-corrected chi connectivity index (χ4v) is 2.96. The van der Waals surface area contributed by atoms with Crippen molar-refractivity contribution >= 4 is 5.97 Å². The quantitative estimate of drug-likeness (QED) is 0.345. The third-order valence-electron chi connectivity index (χ3n) is 4.64. The van der Waals surface area contributed by atoms with E-state index < -0.39 is 29.3 Å². The molecule has 3 nitrogen and oxygen atoms in total. The number of ether oxygens (including phenoxy) is 2. The minimum atomic E-state index is -4.68. The lowest BCUT2D eigenvalue weighted by Gasteiger charge is -2.18. The van der Waals surface area contributed by atoms with E-state index in [-0.39, 0.29) is 30.3 Å². The monoisotopic (exact) mass is 396 g/mol. The van der Waals surface area contributed by atoms with Gasteiger partial charge in [0.1, 0.15) is 23.9 Å². The van der Waals surface area contributed by atoms with Gasteiger partial charge in [-0.1, -0.05) is 19.1 Å². The highest BCUT2D eigenvalue weighted by Crippen LogP contribution is 2.44. The summed E-state index contributed by atoms with van der Waals surface area (Å²) in [4.78, 5) is 11.7. The van der Waals surface area contributed by atoms with E-state index in [1.807, 2.05) is 6.07 Å². The topological polar surface area (TPSA) is 35.5 Å². The summed E-state index contributed by atoms with van der Waals surface area (Å²) in [5.41, 5.74) is 0.237. The Morgan fingerprint density at radius 1 is 1.18 bits per heavy atom. The lowest BCUT2D eigenvalue weighted by atomic mass is 10.0. The minimum Gasteiger partial charge on any atom is -0.488 e. The van der Waals surface area contributed by atoms with E-state index in [1.54, 1.807) is 19.1 Å². The molecule has 0 aliphatic heterocycles. The lowest BCUT2D eigenvalue weighted by Crippen LogP contribution is -2.12. The van der Waals surface area contributed by atoms with Crippen LogP contribution < -0.4 is 9.47 Å². The Morgan fingerprint density at radius 3 is 2.50 bits per heavy atom. The summed E-state index contributed by atoms with van der Waals surface area (Å²) in [6.07, 6.45) is -2.62. The van der Waals surface area contributed by atoms with Gasteiger partial charge >= 0.3 is 12.1 Å². The molecule has 0 aromatic heterocycles. The molecule has 1 saturated carbocycles. The van der Waals surface area contributed by atoms with Gasteiger partial charge in [-0.25, -0.2) is 4.39 Å². The average molecular weight is 396 g/mol. The maximum atomic E-state index is 13.9. The zero-order chi connectivity index (χ0) is 20.5. The standard InChI is InChI=1S/C21H20F4O3/c1-3-20(26)28-18-6-4-5-14(13-7-8-13)15(18)11-27-19-10-17(22)12(2)9-16(19)21(23,24)25/h4-6,9-10,13H,3,7-8,11H2,1-2H3. The fraction of sp³-hybridized carbons (Fsp3) is 0.381. The average Bonchev–Trinajstić information content (AvgIpc) is 3.46. The number of halogens is 4. The highest BCUT2D eigenvalue weighted by Gasteiger charge is 2.35. The Morgan fingerprint density at radius 2 is 1.89 bits per heavy atom. The van der Waals surface area contributed by atoms with Gasteiger partial charge in [0, 0.05) is 18.1 Å². The van der Waals surface area contributed by atoms with Crippen LogP contribution in [0.4, 0.5) is 17.6 Å². The van der Waals surface area contributed by atoms with Gasteiger partial charge in [-0.05, 0) is 48.9 Å². The van der Waals surface area contributed by atoms with Crippen molar-refractivity contribution in [2.45, 2.75) is 51.8 Å². The van der Waals surface area contributed by atoms with Crippen LogP contribution in [0.3, 0.4) is 0 Å². The molecule has 0 atom stereocenters. The van der Waals surface area contributed by atoms with E-state index in [1.165, 1.54) is 6.92 Å².